The van der Waals surface area contributed by atoms with Gasteiger partial charge in [-0.3, -0.25) is 43.2 Å². The Kier molecular flexibility index (Phi) is 19.1. The molecule has 2 bridgehead atoms. The molecule has 7 aliphatic rings. The van der Waals surface area contributed by atoms with Gasteiger partial charge in [0.1, 0.15) is 42.1 Å². The number of rotatable bonds is 20. The molecule has 92 heavy (non-hydrogen) atoms. The lowest BCUT2D eigenvalue weighted by atomic mass is 9.44. The molecule has 5 aliphatic carbocycles. The van der Waals surface area contributed by atoms with Gasteiger partial charge in [-0.15, -0.1) is 0 Å². The Bertz CT molecular complexity index is 3490. The zero-order valence-electron chi connectivity index (χ0n) is 52.5. The molecule has 0 radical (unpaired) electrons. The highest BCUT2D eigenvalue weighted by Gasteiger charge is 2.79. The third-order valence-electron chi connectivity index (χ3n) is 19.8. The Hall–Kier alpha value is -8.64. The minimum Gasteiger partial charge on any atom is -0.481 e. The number of anilines is 1. The van der Waals surface area contributed by atoms with Crippen LogP contribution >= 0.6 is 0 Å². The number of carbonyl (C=O) groups excluding carboxylic acids is 10. The second-order valence-electron chi connectivity index (χ2n) is 26.0. The number of amides is 3. The second kappa shape index (κ2) is 26.5. The number of hydrogen-bond donors (Lipinski definition) is 4. The largest absolute Gasteiger partial charge is 0.481 e. The number of esters is 6. The monoisotopic (exact) mass is 1270 g/mol. The van der Waals surface area contributed by atoms with Crippen molar-refractivity contribution in [1.29, 1.82) is 0 Å². The molecule has 0 aromatic heterocycles. The van der Waals surface area contributed by atoms with E-state index in [4.69, 9.17) is 33.2 Å². The number of aliphatic carboxylic acids is 1. The number of ketones is 1. The number of ether oxygens (including phenoxy) is 7. The first-order chi connectivity index (χ1) is 43.7. The summed E-state index contributed by atoms with van der Waals surface area (Å²) in [5, 5.41) is 35.1. The first-order valence-corrected chi connectivity index (χ1v) is 31.4. The van der Waals surface area contributed by atoms with E-state index in [0.29, 0.717) is 49.9 Å². The molecule has 10 rings (SSSR count). The topological polar surface area (TPSA) is 332 Å². The minimum atomic E-state index is -2.59. The number of aliphatic hydroxyl groups is 1. The normalized spacial score (nSPS) is 28.4. The number of nitrogens with zero attached hydrogens (tertiary/aromatic N) is 2. The molecule has 12 atom stereocenters. The number of Topliss-reactive ketones (excluding diaryl/α,β-unsaturated/α-hetero) is 1. The van der Waals surface area contributed by atoms with E-state index < -0.39 is 174 Å². The quantitative estimate of drug-likeness (QED) is 0.0520. The average molecular weight is 1270 g/mol. The van der Waals surface area contributed by atoms with Crippen LogP contribution in [0.4, 0.5) is 5.69 Å². The van der Waals surface area contributed by atoms with E-state index in [9.17, 15) is 53.4 Å². The van der Waals surface area contributed by atoms with Crippen LogP contribution in [0.3, 0.4) is 0 Å². The smallest absolute Gasteiger partial charge is 0.350 e. The van der Waals surface area contributed by atoms with Gasteiger partial charge >= 0.3 is 41.8 Å². The Morgan fingerprint density at radius 2 is 1.37 bits per heavy atom. The van der Waals surface area contributed by atoms with Crippen molar-refractivity contribution in [3.63, 3.8) is 0 Å². The molecule has 3 amide bonds. The molecule has 2 heterocycles. The Morgan fingerprint density at radius 1 is 0.750 bits per heavy atom. The zero-order valence-corrected chi connectivity index (χ0v) is 52.5. The number of hydrazone groups is 1. The van der Waals surface area contributed by atoms with E-state index in [1.807, 2.05) is 0 Å². The molecule has 5 fully saturated rings. The van der Waals surface area contributed by atoms with Crippen LogP contribution < -0.4 is 15.6 Å². The lowest BCUT2D eigenvalue weighted by Gasteiger charge is -2.67. The summed E-state index contributed by atoms with van der Waals surface area (Å²) < 4.78 is 44.5. The summed E-state index contributed by atoms with van der Waals surface area (Å²) in [5.41, 5.74) is -7.44. The van der Waals surface area contributed by atoms with Gasteiger partial charge in [0.15, 0.2) is 17.5 Å². The van der Waals surface area contributed by atoms with E-state index in [1.54, 1.807) is 43.3 Å². The van der Waals surface area contributed by atoms with Crippen LogP contribution in [0.25, 0.3) is 0 Å². The number of nitrogens with one attached hydrogen (secondary N) is 2. The summed E-state index contributed by atoms with van der Waals surface area (Å²) in [6.07, 6.45) is -7.71. The van der Waals surface area contributed by atoms with Gasteiger partial charge < -0.3 is 54.0 Å². The van der Waals surface area contributed by atoms with Crippen molar-refractivity contribution < 1.29 is 96.1 Å². The first kappa shape index (κ1) is 66.3. The minimum absolute atomic E-state index is 0.00262. The maximum atomic E-state index is 16.6. The molecule has 0 unspecified atom stereocenters. The van der Waals surface area contributed by atoms with Gasteiger partial charge in [-0.1, -0.05) is 88.1 Å². The number of carboxylic acids is 1. The van der Waals surface area contributed by atoms with E-state index in [-0.39, 0.29) is 46.6 Å². The van der Waals surface area contributed by atoms with Crippen LogP contribution in [0.2, 0.25) is 0 Å². The van der Waals surface area contributed by atoms with Crippen LogP contribution in [0.15, 0.2) is 101 Å². The third-order valence-corrected chi connectivity index (χ3v) is 19.8. The SMILES string of the molecule is CC(=O)O[C@H]1C(=O)[C@]2(C)[C@@H](OC(=O)C3CCCC3)C[C@H]3OC[C@@]3(OC(C)=O)[C@H]2[C@H](OC(=O)c2ccccc2)[C@]2(O)C[C@H](OC(=O)[C@H](OC(=O)C3CCCC3)[C@@H](NC(=O)[C@@H](CCC(=O)O)NC(=O)c3ccc(N4N=C(C)CC4=O)cc3)c3ccccc3)C(C)=C1C2(C)C. The molecule has 490 valence electrons. The standard InChI is InChI=1S/C68H78N4O20/c1-36-32-50(75)72(71-36)45-28-26-41(27-29-45)59(79)69-46(30-31-51(76)77)60(80)70-53(40-18-10-8-11-19-40)55(90-62(82)43-24-16-17-25-43)64(84)88-47-34-68(85)58(91-63(83)44-20-12-9-13-21-44)56-66(7,57(78)54(87-38(3)73)52(37(47)2)65(68,5)6)48(89-61(81)42-22-14-15-23-42)33-49-67(56,35-86-49)92-39(4)74/h8-13,18-21,26-29,42-43,46-49,53-56,58,85H,14-17,22-25,30-35H2,1-7H3,(H,69,79)(H,70,80)(H,76,77)/t46-,47+,48+,49-,53+,54-,55-,56+,58+,66-,67+,68-/m1/s1. The van der Waals surface area contributed by atoms with Crippen LogP contribution in [-0.2, 0) is 76.3 Å². The summed E-state index contributed by atoms with van der Waals surface area (Å²) in [6.45, 7) is 9.48. The Labute approximate surface area is 531 Å². The predicted octanol–water partition coefficient (Wildman–Crippen LogP) is 6.68. The fraction of sp³-hybridized carbons (Fsp3) is 0.529. The van der Waals surface area contributed by atoms with Gasteiger partial charge in [0.25, 0.3) is 11.8 Å². The second-order valence-corrected chi connectivity index (χ2v) is 26.0. The van der Waals surface area contributed by atoms with Crippen molar-refractivity contribution in [1.82, 2.24) is 10.6 Å². The molecular weight excluding hydrogens is 1190 g/mol. The van der Waals surface area contributed by atoms with Crippen molar-refractivity contribution in [2.75, 3.05) is 11.6 Å². The highest BCUT2D eigenvalue weighted by Crippen LogP contribution is 2.65. The van der Waals surface area contributed by atoms with Gasteiger partial charge in [-0.2, -0.15) is 5.10 Å². The summed E-state index contributed by atoms with van der Waals surface area (Å²) in [4.78, 5) is 157. The van der Waals surface area contributed by atoms with Crippen molar-refractivity contribution >= 4 is 76.7 Å². The highest BCUT2D eigenvalue weighted by molar-refractivity contribution is 6.12. The molecule has 3 aromatic carbocycles. The molecule has 24 nitrogen and oxygen atoms in total. The van der Waals surface area contributed by atoms with E-state index in [2.05, 4.69) is 15.7 Å². The van der Waals surface area contributed by atoms with Crippen molar-refractivity contribution in [3.8, 4) is 0 Å². The van der Waals surface area contributed by atoms with Crippen LogP contribution in [-0.4, -0.2) is 142 Å². The molecule has 0 spiro atoms. The zero-order chi connectivity index (χ0) is 66.2. The summed E-state index contributed by atoms with van der Waals surface area (Å²) in [6, 6.07) is 18.0. The van der Waals surface area contributed by atoms with E-state index in [1.165, 1.54) is 81.2 Å². The molecule has 4 saturated carbocycles. The first-order valence-electron chi connectivity index (χ1n) is 31.4. The van der Waals surface area contributed by atoms with Gasteiger partial charge in [0.2, 0.25) is 12.0 Å². The van der Waals surface area contributed by atoms with E-state index >= 15 is 9.59 Å². The van der Waals surface area contributed by atoms with Crippen molar-refractivity contribution in [3.05, 3.63) is 113 Å². The summed E-state index contributed by atoms with van der Waals surface area (Å²) in [5.74, 6) is -12.9. The van der Waals surface area contributed by atoms with Crippen LogP contribution in [0, 0.1) is 28.6 Å². The third kappa shape index (κ3) is 12.7. The number of hydrogen-bond acceptors (Lipinski definition) is 20. The fourth-order valence-electron chi connectivity index (χ4n) is 14.9. The number of carboxylic acid groups (broad SMARTS) is 1. The lowest BCUT2D eigenvalue weighted by Crippen LogP contribution is -2.82. The number of carbonyl (C=O) groups is 11. The molecular formula is C68H78N4O20. The molecule has 24 heteroatoms. The molecule has 3 aromatic rings. The average Bonchev–Trinajstić information content (AvgIpc) is 0.824. The predicted molar refractivity (Wildman–Crippen MR) is 323 cm³/mol. The van der Waals surface area contributed by atoms with Gasteiger partial charge in [-0.05, 0) is 106 Å². The molecule has 1 saturated heterocycles. The maximum Gasteiger partial charge on any atom is 0.350 e. The van der Waals surface area contributed by atoms with E-state index in [0.717, 1.165) is 26.7 Å². The highest BCUT2D eigenvalue weighted by atomic mass is 16.6. The van der Waals surface area contributed by atoms with Gasteiger partial charge in [0.05, 0.1) is 47.4 Å². The van der Waals surface area contributed by atoms with Crippen LogP contribution in [0.5, 0.6) is 0 Å². The lowest BCUT2D eigenvalue weighted by molar-refractivity contribution is -0.346. The summed E-state index contributed by atoms with van der Waals surface area (Å²) in [7, 11) is 0. The van der Waals surface area contributed by atoms with Crippen molar-refractivity contribution in [2.45, 2.75) is 192 Å². The molecule has 4 N–H and O–H groups in total. The van der Waals surface area contributed by atoms with Gasteiger partial charge in [0, 0.05) is 49.8 Å². The van der Waals surface area contributed by atoms with Crippen LogP contribution in [0.1, 0.15) is 164 Å². The number of fused-ring (bicyclic) bond motifs is 5. The Balaban J connectivity index is 1.08. The fourth-order valence-corrected chi connectivity index (χ4v) is 14.9. The van der Waals surface area contributed by atoms with Gasteiger partial charge in [-0.25, -0.2) is 14.6 Å². The molecule has 2 aliphatic heterocycles. The maximum absolute atomic E-state index is 16.6. The van der Waals surface area contributed by atoms with Crippen molar-refractivity contribution in [2.24, 2.45) is 33.7 Å². The Morgan fingerprint density at radius 3 is 1.93 bits per heavy atom. The summed E-state index contributed by atoms with van der Waals surface area (Å²) >= 11 is 0. The number of benzene rings is 3.